The Morgan fingerprint density at radius 3 is 1.96 bits per heavy atom. The molecule has 5 nitrogen and oxygen atoms in total. The van der Waals surface area contributed by atoms with E-state index in [2.05, 4.69) is 105 Å². The summed E-state index contributed by atoms with van der Waals surface area (Å²) in [5, 5.41) is 4.75. The molecule has 0 unspecified atom stereocenters. The minimum Gasteiger partial charge on any atom is -0.457 e. The van der Waals surface area contributed by atoms with E-state index in [1.54, 1.807) is 6.20 Å². The predicted molar refractivity (Wildman–Crippen MR) is 183 cm³/mol. The number of nitrogens with zero attached hydrogens (tertiary/aromatic N) is 4. The van der Waals surface area contributed by atoms with Crippen LogP contribution in [0.2, 0.25) is 0 Å². The summed E-state index contributed by atoms with van der Waals surface area (Å²) in [5.74, 6) is 2.37. The summed E-state index contributed by atoms with van der Waals surface area (Å²) < 4.78 is 11.1. The molecule has 0 saturated carbocycles. The second-order valence-electron chi connectivity index (χ2n) is 11.1. The van der Waals surface area contributed by atoms with Gasteiger partial charge in [0.25, 0.3) is 0 Å². The van der Waals surface area contributed by atoms with E-state index in [-0.39, 0.29) is 0 Å². The number of rotatable bonds is 5. The zero-order valence-corrected chi connectivity index (χ0v) is 24.2. The summed E-state index contributed by atoms with van der Waals surface area (Å²) in [4.78, 5) is 9.30. The summed E-state index contributed by atoms with van der Waals surface area (Å²) in [6.07, 6.45) is 3.65. The molecule has 4 aromatic heterocycles. The fourth-order valence-electron chi connectivity index (χ4n) is 6.50. The minimum atomic E-state index is 0.754. The largest absolute Gasteiger partial charge is 0.457 e. The van der Waals surface area contributed by atoms with Crippen molar-refractivity contribution in [1.29, 1.82) is 0 Å². The summed E-state index contributed by atoms with van der Waals surface area (Å²) in [6.45, 7) is 0. The lowest BCUT2D eigenvalue weighted by Gasteiger charge is -2.10. The quantitative estimate of drug-likeness (QED) is 0.204. The molecule has 0 radical (unpaired) electrons. The standard InChI is InChI=1S/C40H26N4O/c1-2-12-28(13-3-1)43-36-17-5-4-15-31(36)33-25-34-32-20-19-30(45-29-14-10-11-27(23-29)35-16-6-8-21-41-35)24-37(32)44(39(34)26-38(33)43)40-18-7-9-22-42-40/h1-26H. The number of ether oxygens (including phenoxy) is 1. The van der Waals surface area contributed by atoms with Crippen LogP contribution in [0.1, 0.15) is 0 Å². The zero-order valence-electron chi connectivity index (χ0n) is 24.2. The van der Waals surface area contributed by atoms with Crippen molar-refractivity contribution in [2.24, 2.45) is 0 Å². The van der Waals surface area contributed by atoms with Crippen LogP contribution in [0, 0.1) is 0 Å². The molecule has 4 heterocycles. The van der Waals surface area contributed by atoms with Gasteiger partial charge < -0.3 is 9.30 Å². The van der Waals surface area contributed by atoms with Crippen molar-refractivity contribution < 1.29 is 4.74 Å². The highest BCUT2D eigenvalue weighted by atomic mass is 16.5. The maximum absolute atomic E-state index is 6.47. The Bertz CT molecular complexity index is 2500. The zero-order chi connectivity index (χ0) is 29.7. The van der Waals surface area contributed by atoms with Gasteiger partial charge in [0, 0.05) is 51.3 Å². The summed E-state index contributed by atoms with van der Waals surface area (Å²) in [7, 11) is 0. The van der Waals surface area contributed by atoms with Crippen LogP contribution in [0.3, 0.4) is 0 Å². The van der Waals surface area contributed by atoms with Crippen LogP contribution in [0.5, 0.6) is 11.5 Å². The number of para-hydroxylation sites is 2. The van der Waals surface area contributed by atoms with Crippen molar-refractivity contribution in [2.45, 2.75) is 0 Å². The first-order valence-corrected chi connectivity index (χ1v) is 15.0. The highest BCUT2D eigenvalue weighted by Crippen LogP contribution is 2.40. The van der Waals surface area contributed by atoms with Crippen LogP contribution in [-0.4, -0.2) is 19.1 Å². The second kappa shape index (κ2) is 10.2. The van der Waals surface area contributed by atoms with E-state index >= 15 is 0 Å². The Labute approximate surface area is 259 Å². The first-order valence-electron chi connectivity index (χ1n) is 15.0. The molecular formula is C40H26N4O. The lowest BCUT2D eigenvalue weighted by atomic mass is 10.1. The molecule has 0 aliphatic carbocycles. The first-order chi connectivity index (χ1) is 22.3. The Hall–Kier alpha value is -6.20. The molecule has 0 saturated heterocycles. The molecule has 0 amide bonds. The van der Waals surface area contributed by atoms with Crippen LogP contribution >= 0.6 is 0 Å². The van der Waals surface area contributed by atoms with Gasteiger partial charge in [-0.15, -0.1) is 0 Å². The Morgan fingerprint density at radius 2 is 1.13 bits per heavy atom. The fourth-order valence-corrected chi connectivity index (χ4v) is 6.50. The van der Waals surface area contributed by atoms with Crippen molar-refractivity contribution in [1.82, 2.24) is 19.1 Å². The van der Waals surface area contributed by atoms with Gasteiger partial charge in [-0.3, -0.25) is 9.55 Å². The SMILES string of the molecule is c1ccc(-n2c3ccccc3c3cc4c5ccc(Oc6cccc(-c7ccccn7)c6)cc5n(-c5ccccn5)c4cc32)cc1. The van der Waals surface area contributed by atoms with Gasteiger partial charge in [0.05, 0.1) is 27.8 Å². The van der Waals surface area contributed by atoms with Gasteiger partial charge in [-0.2, -0.15) is 0 Å². The molecule has 5 aromatic carbocycles. The molecular weight excluding hydrogens is 552 g/mol. The van der Waals surface area contributed by atoms with Crippen molar-refractivity contribution in [3.63, 3.8) is 0 Å². The van der Waals surface area contributed by atoms with Crippen LogP contribution in [-0.2, 0) is 0 Å². The van der Waals surface area contributed by atoms with E-state index in [0.29, 0.717) is 0 Å². The van der Waals surface area contributed by atoms with E-state index in [4.69, 9.17) is 9.72 Å². The van der Waals surface area contributed by atoms with Crippen molar-refractivity contribution in [2.75, 3.05) is 0 Å². The monoisotopic (exact) mass is 578 g/mol. The van der Waals surface area contributed by atoms with E-state index in [1.807, 2.05) is 60.8 Å². The number of hydrogen-bond donors (Lipinski definition) is 0. The van der Waals surface area contributed by atoms with Crippen LogP contribution < -0.4 is 4.74 Å². The Morgan fingerprint density at radius 1 is 0.422 bits per heavy atom. The van der Waals surface area contributed by atoms with Crippen molar-refractivity contribution in [3.05, 3.63) is 158 Å². The summed E-state index contributed by atoms with van der Waals surface area (Å²) in [6, 6.07) is 50.2. The van der Waals surface area contributed by atoms with Crippen LogP contribution in [0.4, 0.5) is 0 Å². The minimum absolute atomic E-state index is 0.754. The molecule has 0 N–H and O–H groups in total. The molecule has 0 aliphatic heterocycles. The Balaban J connectivity index is 1.27. The normalized spacial score (nSPS) is 11.6. The van der Waals surface area contributed by atoms with Gasteiger partial charge in [0.1, 0.15) is 17.3 Å². The summed E-state index contributed by atoms with van der Waals surface area (Å²) in [5.41, 5.74) is 7.51. The maximum atomic E-state index is 6.47. The smallest absolute Gasteiger partial charge is 0.137 e. The lowest BCUT2D eigenvalue weighted by molar-refractivity contribution is 0.483. The molecule has 45 heavy (non-hydrogen) atoms. The maximum Gasteiger partial charge on any atom is 0.137 e. The third-order valence-electron chi connectivity index (χ3n) is 8.45. The number of hydrogen-bond acceptors (Lipinski definition) is 3. The molecule has 0 fully saturated rings. The van der Waals surface area contributed by atoms with E-state index in [1.165, 1.54) is 21.7 Å². The first kappa shape index (κ1) is 25.3. The van der Waals surface area contributed by atoms with Gasteiger partial charge in [-0.1, -0.05) is 60.7 Å². The molecule has 212 valence electrons. The highest BCUT2D eigenvalue weighted by molar-refractivity contribution is 6.19. The average molecular weight is 579 g/mol. The van der Waals surface area contributed by atoms with Gasteiger partial charge in [-0.05, 0) is 78.9 Å². The van der Waals surface area contributed by atoms with Gasteiger partial charge >= 0.3 is 0 Å². The summed E-state index contributed by atoms with van der Waals surface area (Å²) >= 11 is 0. The van der Waals surface area contributed by atoms with Gasteiger partial charge in [-0.25, -0.2) is 4.98 Å². The molecule has 0 aliphatic rings. The molecule has 0 spiro atoms. The van der Waals surface area contributed by atoms with Crippen molar-refractivity contribution in [3.8, 4) is 34.3 Å². The topological polar surface area (TPSA) is 44.9 Å². The number of benzene rings is 5. The molecule has 9 aromatic rings. The van der Waals surface area contributed by atoms with Crippen LogP contribution in [0.15, 0.2) is 158 Å². The fraction of sp³-hybridized carbons (Fsp3) is 0. The Kier molecular flexibility index (Phi) is 5.74. The second-order valence-corrected chi connectivity index (χ2v) is 11.1. The molecule has 9 rings (SSSR count). The van der Waals surface area contributed by atoms with E-state index in [9.17, 15) is 0 Å². The van der Waals surface area contributed by atoms with E-state index in [0.717, 1.165) is 56.2 Å². The van der Waals surface area contributed by atoms with Gasteiger partial charge in [0.2, 0.25) is 0 Å². The number of aromatic nitrogens is 4. The molecule has 0 atom stereocenters. The highest BCUT2D eigenvalue weighted by Gasteiger charge is 2.19. The average Bonchev–Trinajstić information content (AvgIpc) is 3.60. The molecule has 0 bridgehead atoms. The number of fused-ring (bicyclic) bond motifs is 6. The predicted octanol–water partition coefficient (Wildman–Crippen LogP) is 10.1. The lowest BCUT2D eigenvalue weighted by Crippen LogP contribution is -1.97. The van der Waals surface area contributed by atoms with E-state index < -0.39 is 0 Å². The number of pyridine rings is 2. The van der Waals surface area contributed by atoms with Crippen LogP contribution in [0.25, 0.3) is 66.4 Å². The van der Waals surface area contributed by atoms with Gasteiger partial charge in [0.15, 0.2) is 0 Å². The van der Waals surface area contributed by atoms with Crippen molar-refractivity contribution >= 4 is 43.6 Å². The molecule has 5 heteroatoms. The third kappa shape index (κ3) is 4.17. The third-order valence-corrected chi connectivity index (χ3v) is 8.45.